The number of H-pyrrole nitrogens is 1. The molecule has 5 aromatic rings. The fraction of sp³-hybridized carbons (Fsp3) is 0.456. The quantitative estimate of drug-likeness (QED) is 0.00494. The number of aromatic hydroxyl groups is 2. The SMILES string of the molecule is C[C@@H](O)[C@H](NC(=O)[C@H](CCCCN)NC(=O)[C@H](Cc1c[nH]c2ccccc12)NC(=O)[C@H](Cc1ccc(O)cc1)NC(=O)[C@H](CS)NC(=O)[C@H](Cc1ccc([N+](=O)[O-])cc1)NC(=O)CCP(=O)(O)CN1CCN(CC(=O)O)CCN(CC(=O)O)CC1)C(=O)N[C@@H](CS)C(=O)N[C@@H](Cc1ccc(O)cc1)C(N)=O.[67Ga+3]. The van der Waals surface area contributed by atoms with Crippen LogP contribution < -0.4 is 54.0 Å². The number of aromatic nitrogens is 1. The number of primary amides is 1. The van der Waals surface area contributed by atoms with E-state index in [1.165, 1.54) is 67.6 Å². The van der Waals surface area contributed by atoms with E-state index in [2.05, 4.69) is 72.8 Å². The molecule has 35 nitrogen and oxygen atoms in total. The number of phenolic OH excluding ortho intramolecular Hbond substituents is 2. The van der Waals surface area contributed by atoms with E-state index >= 15 is 9.59 Å². The molecule has 107 heavy (non-hydrogen) atoms. The van der Waals surface area contributed by atoms with Gasteiger partial charge in [-0.2, -0.15) is 25.3 Å². The van der Waals surface area contributed by atoms with Crippen molar-refractivity contribution in [1.29, 1.82) is 0 Å². The molecule has 4 aromatic carbocycles. The number of benzene rings is 4. The molecule has 1 aliphatic heterocycles. The number of aliphatic hydroxyl groups is 1. The number of aliphatic hydroxyl groups excluding tert-OH is 1. The molecule has 1 aromatic heterocycles. The van der Waals surface area contributed by atoms with Crippen LogP contribution in [0.15, 0.2) is 103 Å². The minimum absolute atomic E-state index is 0. The summed E-state index contributed by atoms with van der Waals surface area (Å²) in [4.78, 5) is 181. The summed E-state index contributed by atoms with van der Waals surface area (Å²) in [5.74, 6) is -12.1. The Kier molecular flexibility index (Phi) is 36.1. The van der Waals surface area contributed by atoms with Gasteiger partial charge in [0.1, 0.15) is 59.8 Å². The normalized spacial score (nSPS) is 16.0. The number of hydrogen-bond donors (Lipinski definition) is 19. The molecule has 39 heteroatoms. The molecule has 1 saturated heterocycles. The Morgan fingerprint density at radius 1 is 0.570 bits per heavy atom. The number of fused-ring (bicyclic) bond motifs is 1. The number of carbonyl (C=O) groups is 11. The van der Waals surface area contributed by atoms with Crippen LogP contribution in [0.1, 0.15) is 54.9 Å². The largest absolute Gasteiger partial charge is 3.00 e. The molecule has 10 atom stereocenters. The van der Waals surface area contributed by atoms with Crippen molar-refractivity contribution in [3.05, 3.63) is 136 Å². The number of nitrogens with zero attached hydrogens (tertiary/aromatic N) is 4. The van der Waals surface area contributed by atoms with Crippen LogP contribution in [0.5, 0.6) is 11.5 Å². The van der Waals surface area contributed by atoms with Crippen LogP contribution in [0.3, 0.4) is 0 Å². The summed E-state index contributed by atoms with van der Waals surface area (Å²) in [5.41, 5.74) is 13.4. The molecule has 19 N–H and O–H groups in total. The number of nitro groups is 1. The Balaban J connectivity index is 0.0000205. The summed E-state index contributed by atoms with van der Waals surface area (Å²) >= 11 is 8.57. The number of amides is 9. The van der Waals surface area contributed by atoms with Crippen molar-refractivity contribution in [3.8, 4) is 11.5 Å². The third-order valence-corrected chi connectivity index (χ3v) is 19.8. The van der Waals surface area contributed by atoms with Gasteiger partial charge < -0.3 is 89.4 Å². The third kappa shape index (κ3) is 29.5. The van der Waals surface area contributed by atoms with Crippen molar-refractivity contribution in [2.45, 2.75) is 113 Å². The van der Waals surface area contributed by atoms with Crippen molar-refractivity contribution in [2.24, 2.45) is 11.5 Å². The topological polar surface area (TPSA) is 543 Å². The van der Waals surface area contributed by atoms with Gasteiger partial charge in [0.15, 0.2) is 0 Å². The van der Waals surface area contributed by atoms with Crippen molar-refractivity contribution < 1.29 is 92.7 Å². The van der Waals surface area contributed by atoms with Crippen LogP contribution in [0, 0.1) is 10.1 Å². The second kappa shape index (κ2) is 43.7. The van der Waals surface area contributed by atoms with Gasteiger partial charge in [-0.15, -0.1) is 0 Å². The zero-order valence-electron chi connectivity index (χ0n) is 58.6. The Hall–Kier alpha value is -9.08. The molecule has 9 amide bonds. The van der Waals surface area contributed by atoms with E-state index < -0.39 is 156 Å². The molecule has 6 rings (SSSR count). The minimum atomic E-state index is -4.25. The van der Waals surface area contributed by atoms with Crippen molar-refractivity contribution in [2.75, 3.05) is 82.9 Å². The molecular weight excluding hydrogens is 1510 g/mol. The Morgan fingerprint density at radius 3 is 1.45 bits per heavy atom. The number of aliphatic carboxylic acids is 2. The Bertz CT molecular complexity index is 3900. The van der Waals surface area contributed by atoms with Gasteiger partial charge in [-0.05, 0) is 85.3 Å². The molecule has 1 aliphatic rings. The monoisotopic (exact) mass is 1600 g/mol. The number of para-hydroxylation sites is 1. The molecule has 0 spiro atoms. The van der Waals surface area contributed by atoms with Crippen LogP contribution >= 0.6 is 32.6 Å². The number of nitro benzene ring substituents is 1. The third-order valence-electron chi connectivity index (χ3n) is 17.3. The number of carboxylic acids is 2. The molecule has 0 radical (unpaired) electrons. The van der Waals surface area contributed by atoms with Gasteiger partial charge >= 0.3 is 31.7 Å². The maximum Gasteiger partial charge on any atom is 3.00 e. The molecule has 1 unspecified atom stereocenters. The summed E-state index contributed by atoms with van der Waals surface area (Å²) in [6, 6.07) is 10.7. The number of nitrogens with one attached hydrogen (secondary N) is 9. The molecule has 0 aliphatic carbocycles. The number of hydrogen-bond acceptors (Lipinski definition) is 23. The fourth-order valence-corrected chi connectivity index (χ4v) is 13.6. The van der Waals surface area contributed by atoms with E-state index in [0.717, 1.165) is 12.1 Å². The van der Waals surface area contributed by atoms with Crippen LogP contribution in [0.4, 0.5) is 5.69 Å². The maximum atomic E-state index is 15.1. The average molecular weight is 1600 g/mol. The van der Waals surface area contributed by atoms with Gasteiger partial charge in [-0.3, -0.25) is 82.1 Å². The number of thiol groups is 2. The standard InChI is InChI=1S/C68H92N15O20PS2.Ga/c1-40(84)60(68(99)78-56(38-106)66(97)74-51(61(70)92)30-42-11-17-46(85)18-12-42)79-62(93)50(8-4-5-22-69)73-65(96)54(33-44-34-71-49-7-3-2-6-48(44)49)76-64(95)53(32-43-13-19-47(86)20-14-43)75-67(98)55(37-105)77-63(94)52(31-41-9-15-45(16-10-41)83(100)101)72-57(87)21-29-104(102,103)39-82-27-25-80(35-58(88)89)23-24-81(26-28-82)36-59(90)91;/h2-3,6-7,9-20,34,40,50-56,60,71,84-86,105-106H,4-5,8,21-33,35-39,69H2,1H3,(H2,70,92)(H,72,87)(H,73,96)(H,74,97)(H,75,98)(H,76,95)(H,77,94)(H,78,99)(H,79,93)(H,88,89)(H,90,91)(H,102,103);/q;+3/t40-,50+,51+,52+,53+,54+,55+,56+,60+;/m1./s1/i;1-3. The number of phenols is 2. The maximum absolute atomic E-state index is 15.1. The van der Waals surface area contributed by atoms with Gasteiger partial charge in [0.25, 0.3) is 5.69 Å². The van der Waals surface area contributed by atoms with E-state index in [9.17, 15) is 88.3 Å². The predicted molar refractivity (Wildman–Crippen MR) is 399 cm³/mol. The second-order valence-electron chi connectivity index (χ2n) is 25.6. The van der Waals surface area contributed by atoms with Gasteiger partial charge in [-0.1, -0.05) is 54.6 Å². The number of nitrogens with two attached hydrogens (primary N) is 2. The zero-order chi connectivity index (χ0) is 77.8. The Morgan fingerprint density at radius 2 is 0.981 bits per heavy atom. The molecule has 0 bridgehead atoms. The number of rotatable bonds is 41. The minimum Gasteiger partial charge on any atom is -0.508 e. The van der Waals surface area contributed by atoms with Crippen LogP contribution in [0.25, 0.3) is 10.9 Å². The van der Waals surface area contributed by atoms with Gasteiger partial charge in [-0.25, -0.2) is 0 Å². The summed E-state index contributed by atoms with van der Waals surface area (Å²) in [6.07, 6.45) is -2.41. The van der Waals surface area contributed by atoms with E-state index in [4.69, 9.17) is 11.5 Å². The average Bonchev–Trinajstić information content (AvgIpc) is 1.73. The first-order valence-corrected chi connectivity index (χ1v) is 37.2. The first kappa shape index (κ1) is 88.5. The number of aromatic amines is 1. The number of carbonyl (C=O) groups excluding carboxylic acids is 9. The van der Waals surface area contributed by atoms with E-state index in [-0.39, 0.29) is 146 Å². The van der Waals surface area contributed by atoms with E-state index in [0.29, 0.717) is 34.0 Å². The van der Waals surface area contributed by atoms with E-state index in [1.54, 1.807) is 45.2 Å². The van der Waals surface area contributed by atoms with Crippen LogP contribution in [-0.4, -0.2) is 277 Å². The Labute approximate surface area is 639 Å². The zero-order valence-corrected chi connectivity index (χ0v) is 63.7. The van der Waals surface area contributed by atoms with Crippen molar-refractivity contribution in [1.82, 2.24) is 62.2 Å². The first-order valence-electron chi connectivity index (χ1n) is 33.9. The van der Waals surface area contributed by atoms with E-state index in [1.807, 2.05) is 0 Å². The van der Waals surface area contributed by atoms with Crippen molar-refractivity contribution >= 4 is 134 Å². The summed E-state index contributed by atoms with van der Waals surface area (Å²) < 4.78 is 13.8. The smallest absolute Gasteiger partial charge is 0.508 e. The van der Waals surface area contributed by atoms with Gasteiger partial charge in [0.2, 0.25) is 60.5 Å². The van der Waals surface area contributed by atoms with Crippen LogP contribution in [-0.2, 0) is 83.0 Å². The van der Waals surface area contributed by atoms with Gasteiger partial charge in [0.05, 0.1) is 30.4 Å². The van der Waals surface area contributed by atoms with Crippen molar-refractivity contribution in [3.63, 3.8) is 0 Å². The summed E-state index contributed by atoms with van der Waals surface area (Å²) in [6.45, 7) is 1.55. The van der Waals surface area contributed by atoms with Gasteiger partial charge in [0, 0.05) is 118 Å². The predicted octanol–water partition coefficient (Wildman–Crippen LogP) is -2.18. The molecule has 576 valence electrons. The second-order valence-corrected chi connectivity index (χ2v) is 28.8. The molecule has 0 saturated carbocycles. The van der Waals surface area contributed by atoms with Crippen LogP contribution in [0.2, 0.25) is 0 Å². The molecule has 1 fully saturated rings. The number of unbranched alkanes of at least 4 members (excludes halogenated alkanes) is 1. The number of non-ortho nitro benzene ring substituents is 1. The molecular formula is C68H92GaN15O20PS2+3. The number of carboxylic acid groups (broad SMARTS) is 2. The summed E-state index contributed by atoms with van der Waals surface area (Å²) in [5, 5.41) is 82.5. The fourth-order valence-electron chi connectivity index (χ4n) is 11.5. The molecule has 2 heterocycles. The first-order chi connectivity index (χ1) is 50.3. The summed E-state index contributed by atoms with van der Waals surface area (Å²) in [7, 11) is -4.25.